The summed E-state index contributed by atoms with van der Waals surface area (Å²) < 4.78 is 1.12. The fraction of sp³-hybridized carbons (Fsp3) is 0.933. The van der Waals surface area contributed by atoms with E-state index in [0.29, 0.717) is 0 Å². The van der Waals surface area contributed by atoms with Gasteiger partial charge in [0.05, 0.1) is 6.67 Å². The Morgan fingerprint density at radius 3 is 2.32 bits per heavy atom. The highest BCUT2D eigenvalue weighted by atomic mass is 32.2. The maximum atomic E-state index is 5.45. The number of nitrogens with zero attached hydrogens (tertiary/aromatic N) is 2. The Kier molecular flexibility index (Phi) is 3.32. The molecule has 0 aromatic rings. The van der Waals surface area contributed by atoms with Crippen molar-refractivity contribution in [3.8, 4) is 0 Å². The highest BCUT2D eigenvalue weighted by Gasteiger charge is 2.49. The van der Waals surface area contributed by atoms with E-state index in [1.165, 1.54) is 31.4 Å². The molecule has 0 radical (unpaired) electrons. The highest BCUT2D eigenvalue weighted by molar-refractivity contribution is 8.23. The van der Waals surface area contributed by atoms with Crippen molar-refractivity contribution >= 4 is 28.3 Å². The largest absolute Gasteiger partial charge is 0.344 e. The van der Waals surface area contributed by atoms with Gasteiger partial charge in [0.2, 0.25) is 0 Å². The summed E-state index contributed by atoms with van der Waals surface area (Å²) in [6.45, 7) is 2.22. The maximum Gasteiger partial charge on any atom is 0.137 e. The van der Waals surface area contributed by atoms with Gasteiger partial charge in [-0.15, -0.1) is 0 Å². The topological polar surface area (TPSA) is 6.48 Å². The third kappa shape index (κ3) is 2.24. The van der Waals surface area contributed by atoms with Crippen molar-refractivity contribution in [2.24, 2.45) is 23.7 Å². The molecule has 0 amide bonds. The average molecular weight is 297 g/mol. The van der Waals surface area contributed by atoms with Gasteiger partial charge in [0, 0.05) is 18.3 Å². The molecule has 1 heterocycles. The minimum Gasteiger partial charge on any atom is -0.344 e. The van der Waals surface area contributed by atoms with Crippen LogP contribution < -0.4 is 0 Å². The van der Waals surface area contributed by atoms with Crippen molar-refractivity contribution in [2.75, 3.05) is 26.0 Å². The Hall–Kier alpha value is 0.200. The molecule has 5 aliphatic rings. The molecule has 4 saturated carbocycles. The molecule has 5 fully saturated rings. The monoisotopic (exact) mass is 296 g/mol. The molecule has 5 rings (SSSR count). The molecule has 106 valence electrons. The summed E-state index contributed by atoms with van der Waals surface area (Å²) in [6, 6.07) is 0.848. The first-order chi connectivity index (χ1) is 9.20. The van der Waals surface area contributed by atoms with Gasteiger partial charge in [0.15, 0.2) is 0 Å². The van der Waals surface area contributed by atoms with Crippen LogP contribution in [0.4, 0.5) is 0 Å². The molecule has 0 unspecified atom stereocenters. The first-order valence-electron chi connectivity index (χ1n) is 7.82. The van der Waals surface area contributed by atoms with E-state index in [1.54, 1.807) is 6.42 Å². The molecule has 0 N–H and O–H groups in total. The predicted molar refractivity (Wildman–Crippen MR) is 85.2 cm³/mol. The number of hydrogen-bond donors (Lipinski definition) is 0. The number of hydrogen-bond acceptors (Lipinski definition) is 3. The molecule has 19 heavy (non-hydrogen) atoms. The van der Waals surface area contributed by atoms with Gasteiger partial charge in [-0.3, -0.25) is 4.90 Å². The zero-order chi connectivity index (χ0) is 13.0. The van der Waals surface area contributed by atoms with Crippen molar-refractivity contribution in [2.45, 2.75) is 38.1 Å². The lowest BCUT2D eigenvalue weighted by Crippen LogP contribution is -2.56. The van der Waals surface area contributed by atoms with E-state index in [0.717, 1.165) is 47.2 Å². The van der Waals surface area contributed by atoms with Gasteiger partial charge < -0.3 is 4.90 Å². The molecule has 1 saturated heterocycles. The van der Waals surface area contributed by atoms with E-state index in [-0.39, 0.29) is 0 Å². The van der Waals surface area contributed by atoms with Crippen molar-refractivity contribution in [1.29, 1.82) is 0 Å². The summed E-state index contributed by atoms with van der Waals surface area (Å²) in [7, 11) is 2.35. The lowest BCUT2D eigenvalue weighted by Gasteiger charge is -2.57. The summed E-state index contributed by atoms with van der Waals surface area (Å²) in [4.78, 5) is 5.05. The Morgan fingerprint density at radius 2 is 1.79 bits per heavy atom. The van der Waals surface area contributed by atoms with Crippen LogP contribution in [0.1, 0.15) is 32.1 Å². The standard InChI is InChI=1S/C15H24N2S2/c1-16(9-17-2-3-19-15(17)18)14-12-5-10-4-11(7-12)8-13(14)6-10/h10-14H,2-9H2,1H3. The van der Waals surface area contributed by atoms with Crippen LogP contribution in [0, 0.1) is 23.7 Å². The molecule has 0 aromatic heterocycles. The minimum absolute atomic E-state index is 0.848. The molecule has 4 bridgehead atoms. The lowest BCUT2D eigenvalue weighted by molar-refractivity contribution is -0.0646. The van der Waals surface area contributed by atoms with Crippen molar-refractivity contribution < 1.29 is 0 Å². The van der Waals surface area contributed by atoms with Crippen LogP contribution in [0.2, 0.25) is 0 Å². The number of thioether (sulfide) groups is 1. The van der Waals surface area contributed by atoms with Gasteiger partial charge >= 0.3 is 0 Å². The van der Waals surface area contributed by atoms with Crippen LogP contribution in [-0.4, -0.2) is 46.2 Å². The Bertz CT molecular complexity index is 356. The van der Waals surface area contributed by atoms with Crippen LogP contribution in [0.15, 0.2) is 0 Å². The van der Waals surface area contributed by atoms with Crippen LogP contribution in [-0.2, 0) is 0 Å². The van der Waals surface area contributed by atoms with Gasteiger partial charge in [-0.1, -0.05) is 24.0 Å². The van der Waals surface area contributed by atoms with Crippen molar-refractivity contribution in [3.63, 3.8) is 0 Å². The quantitative estimate of drug-likeness (QED) is 0.738. The van der Waals surface area contributed by atoms with Crippen molar-refractivity contribution in [1.82, 2.24) is 9.80 Å². The molecule has 0 atom stereocenters. The van der Waals surface area contributed by atoms with Crippen LogP contribution in [0.3, 0.4) is 0 Å². The van der Waals surface area contributed by atoms with E-state index in [1.807, 2.05) is 11.8 Å². The first-order valence-corrected chi connectivity index (χ1v) is 9.22. The SMILES string of the molecule is CN(CN1CCSC1=S)C1C2CC3CC(C2)CC1C3. The summed E-state index contributed by atoms with van der Waals surface area (Å²) in [5.74, 6) is 5.33. The van der Waals surface area contributed by atoms with E-state index >= 15 is 0 Å². The van der Waals surface area contributed by atoms with Crippen molar-refractivity contribution in [3.05, 3.63) is 0 Å². The van der Waals surface area contributed by atoms with Gasteiger partial charge in [-0.2, -0.15) is 0 Å². The summed E-state index contributed by atoms with van der Waals surface area (Å²) >= 11 is 7.30. The fourth-order valence-electron chi connectivity index (χ4n) is 5.53. The molecular weight excluding hydrogens is 272 g/mol. The smallest absolute Gasteiger partial charge is 0.137 e. The van der Waals surface area contributed by atoms with E-state index in [4.69, 9.17) is 12.2 Å². The maximum absolute atomic E-state index is 5.45. The highest BCUT2D eigenvalue weighted by Crippen LogP contribution is 2.54. The third-order valence-corrected chi connectivity index (χ3v) is 7.43. The lowest BCUT2D eigenvalue weighted by atomic mass is 9.54. The second-order valence-corrected chi connectivity index (χ2v) is 8.93. The summed E-state index contributed by atoms with van der Waals surface area (Å²) in [6.07, 6.45) is 7.61. The molecule has 4 aliphatic carbocycles. The normalized spacial score (nSPS) is 44.6. The van der Waals surface area contributed by atoms with Crippen LogP contribution in [0.5, 0.6) is 0 Å². The number of rotatable bonds is 3. The Morgan fingerprint density at radius 1 is 1.16 bits per heavy atom. The Balaban J connectivity index is 1.45. The third-order valence-electron chi connectivity index (χ3n) is 5.92. The Labute approximate surface area is 126 Å². The fourth-order valence-corrected chi connectivity index (χ4v) is 6.75. The van der Waals surface area contributed by atoms with Gasteiger partial charge in [-0.05, 0) is 62.8 Å². The van der Waals surface area contributed by atoms with Gasteiger partial charge in [-0.25, -0.2) is 0 Å². The number of thiocarbonyl (C=S) groups is 1. The van der Waals surface area contributed by atoms with E-state index < -0.39 is 0 Å². The molecule has 0 aromatic carbocycles. The zero-order valence-corrected chi connectivity index (χ0v) is 13.4. The molecular formula is C15H24N2S2. The molecule has 1 aliphatic heterocycles. The molecule has 0 spiro atoms. The zero-order valence-electron chi connectivity index (χ0n) is 11.8. The van der Waals surface area contributed by atoms with Crippen LogP contribution in [0.25, 0.3) is 0 Å². The van der Waals surface area contributed by atoms with Gasteiger partial charge in [0.1, 0.15) is 4.32 Å². The summed E-state index contributed by atoms with van der Waals surface area (Å²) in [5.41, 5.74) is 0. The molecule has 2 nitrogen and oxygen atoms in total. The second kappa shape index (κ2) is 4.88. The van der Waals surface area contributed by atoms with Gasteiger partial charge in [0.25, 0.3) is 0 Å². The summed E-state index contributed by atoms with van der Waals surface area (Å²) in [5, 5.41) is 0. The second-order valence-electron chi connectivity index (χ2n) is 7.20. The average Bonchev–Trinajstić information content (AvgIpc) is 2.73. The minimum atomic E-state index is 0.848. The van der Waals surface area contributed by atoms with Crippen LogP contribution >= 0.6 is 24.0 Å². The first kappa shape index (κ1) is 12.9. The predicted octanol–water partition coefficient (Wildman–Crippen LogP) is 3.03. The van der Waals surface area contributed by atoms with E-state index in [2.05, 4.69) is 16.8 Å². The molecule has 4 heteroatoms. The van der Waals surface area contributed by atoms with E-state index in [9.17, 15) is 0 Å².